The minimum atomic E-state index is -0.386. The predicted octanol–water partition coefficient (Wildman–Crippen LogP) is 5.85. The number of para-hydroxylation sites is 1. The highest BCUT2D eigenvalue weighted by atomic mass is 35.5. The molecule has 0 atom stereocenters. The first kappa shape index (κ1) is 20.8. The lowest BCUT2D eigenvalue weighted by atomic mass is 9.94. The molecule has 0 bridgehead atoms. The van der Waals surface area contributed by atoms with Crippen LogP contribution in [0.25, 0.3) is 22.0 Å². The van der Waals surface area contributed by atoms with Gasteiger partial charge in [0.15, 0.2) is 0 Å². The van der Waals surface area contributed by atoms with Crippen LogP contribution in [0, 0.1) is 0 Å². The molecule has 31 heavy (non-hydrogen) atoms. The molecule has 1 aromatic heterocycles. The van der Waals surface area contributed by atoms with Crippen molar-refractivity contribution >= 4 is 34.2 Å². The molecular weight excluding hydrogens is 410 g/mol. The third kappa shape index (κ3) is 4.68. The van der Waals surface area contributed by atoms with Crippen molar-refractivity contribution in [2.24, 2.45) is 0 Å². The fraction of sp³-hybridized carbons (Fsp3) is 0.120. The van der Waals surface area contributed by atoms with Crippen molar-refractivity contribution in [2.45, 2.75) is 13.5 Å². The van der Waals surface area contributed by atoms with Crippen LogP contribution >= 0.6 is 11.6 Å². The molecule has 1 heterocycles. The van der Waals surface area contributed by atoms with E-state index in [1.807, 2.05) is 66.7 Å². The van der Waals surface area contributed by atoms with Crippen LogP contribution in [0.2, 0.25) is 5.02 Å². The number of carbonyl (C=O) groups excluding carboxylic acids is 1. The second-order valence-electron chi connectivity index (χ2n) is 6.90. The zero-order valence-corrected chi connectivity index (χ0v) is 17.8. The highest BCUT2D eigenvalue weighted by molar-refractivity contribution is 6.30. The third-order valence-corrected chi connectivity index (χ3v) is 5.09. The second-order valence-corrected chi connectivity index (χ2v) is 7.33. The van der Waals surface area contributed by atoms with E-state index in [9.17, 15) is 4.79 Å². The van der Waals surface area contributed by atoms with Gasteiger partial charge in [-0.25, -0.2) is 10.2 Å². The number of ether oxygens (including phenoxy) is 1. The zero-order chi connectivity index (χ0) is 21.6. The third-order valence-electron chi connectivity index (χ3n) is 4.84. The Kier molecular flexibility index (Phi) is 6.46. The van der Waals surface area contributed by atoms with Gasteiger partial charge in [0.2, 0.25) is 0 Å². The Bertz CT molecular complexity index is 1190. The lowest BCUT2D eigenvalue weighted by molar-refractivity contribution is 0.0525. The van der Waals surface area contributed by atoms with Crippen molar-refractivity contribution in [3.8, 4) is 11.1 Å². The summed E-state index contributed by atoms with van der Waals surface area (Å²) in [7, 11) is 0. The number of nitrogens with one attached hydrogen (secondary N) is 2. The SMILES string of the molecule is CCOC(=O)c1c(CNNc2ccc(Cl)cc2)nc2ccccc2c1-c1ccccc1. The number of pyridine rings is 1. The van der Waals surface area contributed by atoms with Crippen LogP contribution in [-0.4, -0.2) is 17.6 Å². The van der Waals surface area contributed by atoms with Gasteiger partial charge in [0.05, 0.1) is 29.9 Å². The van der Waals surface area contributed by atoms with E-state index in [2.05, 4.69) is 10.9 Å². The summed E-state index contributed by atoms with van der Waals surface area (Å²) in [6, 6.07) is 25.0. The number of hydrogen-bond acceptors (Lipinski definition) is 5. The summed E-state index contributed by atoms with van der Waals surface area (Å²) in [5.41, 5.74) is 10.8. The molecule has 5 nitrogen and oxygen atoms in total. The molecule has 0 fully saturated rings. The summed E-state index contributed by atoms with van der Waals surface area (Å²) in [4.78, 5) is 17.8. The molecule has 0 amide bonds. The minimum Gasteiger partial charge on any atom is -0.462 e. The van der Waals surface area contributed by atoms with E-state index in [1.54, 1.807) is 19.1 Å². The van der Waals surface area contributed by atoms with Gasteiger partial charge in [0.1, 0.15) is 0 Å². The Labute approximate surface area is 186 Å². The first-order valence-corrected chi connectivity index (χ1v) is 10.4. The highest BCUT2D eigenvalue weighted by Crippen LogP contribution is 2.33. The Hall–Kier alpha value is -3.41. The van der Waals surface area contributed by atoms with Crippen LogP contribution in [0.3, 0.4) is 0 Å². The number of rotatable bonds is 7. The molecule has 0 spiro atoms. The highest BCUT2D eigenvalue weighted by Gasteiger charge is 2.23. The standard InChI is InChI=1S/C25H22ClN3O2/c1-2-31-25(30)24-22(16-27-29-19-14-12-18(26)13-15-19)28-21-11-7-6-10-20(21)23(24)17-8-4-3-5-9-17/h3-15,27,29H,2,16H2,1H3. The molecule has 2 N–H and O–H groups in total. The summed E-state index contributed by atoms with van der Waals surface area (Å²) in [5, 5.41) is 1.57. The number of halogens is 1. The number of fused-ring (bicyclic) bond motifs is 1. The summed E-state index contributed by atoms with van der Waals surface area (Å²) in [6.45, 7) is 2.41. The summed E-state index contributed by atoms with van der Waals surface area (Å²) in [5.74, 6) is -0.386. The maximum atomic E-state index is 13.0. The molecule has 0 saturated carbocycles. The minimum absolute atomic E-state index is 0.287. The maximum Gasteiger partial charge on any atom is 0.340 e. The van der Waals surface area contributed by atoms with Gasteiger partial charge in [0, 0.05) is 21.7 Å². The maximum absolute atomic E-state index is 13.0. The van der Waals surface area contributed by atoms with Crippen LogP contribution in [0.15, 0.2) is 78.9 Å². The number of carbonyl (C=O) groups is 1. The normalized spacial score (nSPS) is 10.8. The van der Waals surface area contributed by atoms with Crippen LogP contribution in [-0.2, 0) is 11.3 Å². The Balaban J connectivity index is 1.78. The number of esters is 1. The van der Waals surface area contributed by atoms with E-state index in [1.165, 1.54) is 0 Å². The number of aromatic nitrogens is 1. The van der Waals surface area contributed by atoms with E-state index < -0.39 is 0 Å². The average Bonchev–Trinajstić information content (AvgIpc) is 2.80. The molecule has 4 rings (SSSR count). The van der Waals surface area contributed by atoms with E-state index in [0.29, 0.717) is 22.8 Å². The van der Waals surface area contributed by atoms with Crippen LogP contribution in [0.5, 0.6) is 0 Å². The lowest BCUT2D eigenvalue weighted by Crippen LogP contribution is -2.24. The van der Waals surface area contributed by atoms with E-state index >= 15 is 0 Å². The molecule has 0 radical (unpaired) electrons. The van der Waals surface area contributed by atoms with Gasteiger partial charge >= 0.3 is 5.97 Å². The van der Waals surface area contributed by atoms with Crippen molar-refractivity contribution in [1.29, 1.82) is 0 Å². The van der Waals surface area contributed by atoms with Crippen molar-refractivity contribution in [1.82, 2.24) is 10.4 Å². The predicted molar refractivity (Wildman–Crippen MR) is 125 cm³/mol. The molecule has 0 saturated heterocycles. The van der Waals surface area contributed by atoms with E-state index in [0.717, 1.165) is 27.7 Å². The summed E-state index contributed by atoms with van der Waals surface area (Å²) in [6.07, 6.45) is 0. The van der Waals surface area contributed by atoms with E-state index in [4.69, 9.17) is 21.3 Å². The van der Waals surface area contributed by atoms with Gasteiger partial charge in [-0.3, -0.25) is 4.98 Å². The van der Waals surface area contributed by atoms with Gasteiger partial charge in [-0.15, -0.1) is 0 Å². The fourth-order valence-electron chi connectivity index (χ4n) is 3.48. The van der Waals surface area contributed by atoms with Gasteiger partial charge in [0.25, 0.3) is 0 Å². The molecule has 0 unspecified atom stereocenters. The van der Waals surface area contributed by atoms with Gasteiger partial charge < -0.3 is 10.2 Å². The molecule has 3 aromatic carbocycles. The van der Waals surface area contributed by atoms with Crippen molar-refractivity contribution < 1.29 is 9.53 Å². The van der Waals surface area contributed by atoms with E-state index in [-0.39, 0.29) is 12.6 Å². The number of anilines is 1. The average molecular weight is 432 g/mol. The van der Waals surface area contributed by atoms with Gasteiger partial charge in [-0.2, -0.15) is 0 Å². The Morgan fingerprint density at radius 2 is 1.68 bits per heavy atom. The number of benzene rings is 3. The molecule has 6 heteroatoms. The van der Waals surface area contributed by atoms with Crippen molar-refractivity contribution in [3.05, 3.63) is 95.1 Å². The molecule has 4 aromatic rings. The Morgan fingerprint density at radius 1 is 0.968 bits per heavy atom. The van der Waals surface area contributed by atoms with Crippen molar-refractivity contribution in [3.63, 3.8) is 0 Å². The van der Waals surface area contributed by atoms with Crippen molar-refractivity contribution in [2.75, 3.05) is 12.0 Å². The van der Waals surface area contributed by atoms with Crippen LogP contribution in [0.1, 0.15) is 23.0 Å². The smallest absolute Gasteiger partial charge is 0.340 e. The summed E-state index contributed by atoms with van der Waals surface area (Å²) < 4.78 is 5.42. The quantitative estimate of drug-likeness (QED) is 0.284. The number of hydrazine groups is 1. The lowest BCUT2D eigenvalue weighted by Gasteiger charge is -2.17. The molecule has 0 aliphatic rings. The number of nitrogens with zero attached hydrogens (tertiary/aromatic N) is 1. The molecule has 156 valence electrons. The fourth-order valence-corrected chi connectivity index (χ4v) is 3.61. The second kappa shape index (κ2) is 9.60. The molecular formula is C25H22ClN3O2. The number of hydrogen-bond donors (Lipinski definition) is 2. The summed E-state index contributed by atoms with van der Waals surface area (Å²) >= 11 is 5.95. The van der Waals surface area contributed by atoms with Crippen LogP contribution in [0.4, 0.5) is 5.69 Å². The van der Waals surface area contributed by atoms with Gasteiger partial charge in [-0.1, -0.05) is 60.1 Å². The molecule has 0 aliphatic heterocycles. The first-order valence-electron chi connectivity index (χ1n) is 10.1. The monoisotopic (exact) mass is 431 g/mol. The molecule has 0 aliphatic carbocycles. The van der Waals surface area contributed by atoms with Crippen LogP contribution < -0.4 is 10.9 Å². The topological polar surface area (TPSA) is 63.2 Å². The Morgan fingerprint density at radius 3 is 2.42 bits per heavy atom. The first-order chi connectivity index (χ1) is 15.2. The largest absolute Gasteiger partial charge is 0.462 e. The van der Waals surface area contributed by atoms with Gasteiger partial charge in [-0.05, 0) is 42.8 Å². The zero-order valence-electron chi connectivity index (χ0n) is 17.1.